The molecule has 2 aromatic rings. The van der Waals surface area contributed by atoms with Crippen LogP contribution < -0.4 is 4.72 Å². The zero-order chi connectivity index (χ0) is 17.9. The molecule has 0 saturated carbocycles. The van der Waals surface area contributed by atoms with Crippen molar-refractivity contribution in [3.05, 3.63) is 59.2 Å². The van der Waals surface area contributed by atoms with E-state index in [0.717, 1.165) is 12.0 Å². The fourth-order valence-corrected chi connectivity index (χ4v) is 3.82. The van der Waals surface area contributed by atoms with Gasteiger partial charge in [0.1, 0.15) is 0 Å². The minimum atomic E-state index is -3.88. The molecule has 5 nitrogen and oxygen atoms in total. The second kappa shape index (κ2) is 7.05. The molecule has 2 aromatic carbocycles. The summed E-state index contributed by atoms with van der Waals surface area (Å²) in [7, 11) is -3.88. The Balaban J connectivity index is 2.47. The van der Waals surface area contributed by atoms with Crippen molar-refractivity contribution < 1.29 is 18.3 Å². The van der Waals surface area contributed by atoms with E-state index in [2.05, 4.69) is 4.72 Å². The van der Waals surface area contributed by atoms with Gasteiger partial charge in [0.15, 0.2) is 0 Å². The van der Waals surface area contributed by atoms with Crippen molar-refractivity contribution in [2.75, 3.05) is 4.72 Å². The molecule has 2 N–H and O–H groups in total. The van der Waals surface area contributed by atoms with Gasteiger partial charge < -0.3 is 5.11 Å². The molecule has 0 aliphatic carbocycles. The van der Waals surface area contributed by atoms with Crippen LogP contribution in [0.25, 0.3) is 0 Å². The highest BCUT2D eigenvalue weighted by Gasteiger charge is 2.21. The van der Waals surface area contributed by atoms with Gasteiger partial charge in [-0.05, 0) is 48.6 Å². The molecule has 0 amide bonds. The molecular weight excluding hydrogens is 326 g/mol. The van der Waals surface area contributed by atoms with Crippen molar-refractivity contribution in [1.29, 1.82) is 0 Å². The number of benzene rings is 2. The number of aromatic carboxylic acids is 1. The molecule has 6 heteroatoms. The van der Waals surface area contributed by atoms with Crippen molar-refractivity contribution in [1.82, 2.24) is 0 Å². The summed E-state index contributed by atoms with van der Waals surface area (Å²) in [6.07, 6.45) is 0.881. The van der Waals surface area contributed by atoms with E-state index in [-0.39, 0.29) is 16.4 Å². The standard InChI is InChI=1S/C18H21NO4S/c1-4-12(2)15-7-5-6-8-16(15)19-24(22,23)17-11-14(18(20)21)10-9-13(17)3/h5-12,19H,4H2,1-3H3,(H,20,21)/t12-/m1/s1. The quantitative estimate of drug-likeness (QED) is 0.827. The third-order valence-electron chi connectivity index (χ3n) is 4.07. The lowest BCUT2D eigenvalue weighted by Crippen LogP contribution is -2.16. The van der Waals surface area contributed by atoms with Crippen molar-refractivity contribution in [3.63, 3.8) is 0 Å². The lowest BCUT2D eigenvalue weighted by Gasteiger charge is -2.17. The zero-order valence-corrected chi connectivity index (χ0v) is 14.7. The van der Waals surface area contributed by atoms with Crippen LogP contribution in [-0.4, -0.2) is 19.5 Å². The van der Waals surface area contributed by atoms with Crippen LogP contribution in [0.15, 0.2) is 47.4 Å². The number of rotatable bonds is 6. The first kappa shape index (κ1) is 18.0. The first-order valence-electron chi connectivity index (χ1n) is 7.72. The number of para-hydroxylation sites is 1. The first-order valence-corrected chi connectivity index (χ1v) is 9.20. The van der Waals surface area contributed by atoms with Gasteiger partial charge in [-0.15, -0.1) is 0 Å². The van der Waals surface area contributed by atoms with Crippen molar-refractivity contribution >= 4 is 21.7 Å². The number of carboxylic acids is 1. The molecule has 0 bridgehead atoms. The Bertz CT molecular complexity index is 859. The number of aryl methyl sites for hydroxylation is 1. The fourth-order valence-electron chi connectivity index (χ4n) is 2.46. The fraction of sp³-hybridized carbons (Fsp3) is 0.278. The maximum Gasteiger partial charge on any atom is 0.335 e. The predicted molar refractivity (Wildman–Crippen MR) is 94.1 cm³/mol. The van der Waals surface area contributed by atoms with Gasteiger partial charge in [-0.25, -0.2) is 13.2 Å². The summed E-state index contributed by atoms with van der Waals surface area (Å²) in [6.45, 7) is 5.71. The maximum absolute atomic E-state index is 12.8. The molecule has 0 saturated heterocycles. The molecule has 0 aromatic heterocycles. The molecule has 0 aliphatic heterocycles. The Morgan fingerprint density at radius 1 is 1.21 bits per heavy atom. The van der Waals surface area contributed by atoms with Crippen molar-refractivity contribution in [3.8, 4) is 0 Å². The Hall–Kier alpha value is -2.34. The monoisotopic (exact) mass is 347 g/mol. The average Bonchev–Trinajstić information content (AvgIpc) is 2.54. The van der Waals surface area contributed by atoms with E-state index >= 15 is 0 Å². The van der Waals surface area contributed by atoms with Crippen LogP contribution in [-0.2, 0) is 10.0 Å². The van der Waals surface area contributed by atoms with Gasteiger partial charge in [-0.1, -0.05) is 38.1 Å². The van der Waals surface area contributed by atoms with E-state index < -0.39 is 16.0 Å². The molecular formula is C18H21NO4S. The van der Waals surface area contributed by atoms with Crippen LogP contribution in [0.2, 0.25) is 0 Å². The number of hydrogen-bond acceptors (Lipinski definition) is 3. The normalized spacial score (nSPS) is 12.6. The summed E-state index contributed by atoms with van der Waals surface area (Å²) in [5.74, 6) is -0.957. The molecule has 24 heavy (non-hydrogen) atoms. The Morgan fingerprint density at radius 3 is 2.50 bits per heavy atom. The predicted octanol–water partition coefficient (Wildman–Crippen LogP) is 4.01. The lowest BCUT2D eigenvalue weighted by atomic mass is 9.97. The summed E-state index contributed by atoms with van der Waals surface area (Å²) in [6, 6.07) is 11.3. The summed E-state index contributed by atoms with van der Waals surface area (Å²) in [4.78, 5) is 11.1. The second-order valence-electron chi connectivity index (χ2n) is 5.79. The number of nitrogens with one attached hydrogen (secondary N) is 1. The molecule has 0 unspecified atom stereocenters. The highest BCUT2D eigenvalue weighted by molar-refractivity contribution is 7.92. The molecule has 0 fully saturated rings. The maximum atomic E-state index is 12.8. The highest BCUT2D eigenvalue weighted by Crippen LogP contribution is 2.29. The smallest absolute Gasteiger partial charge is 0.335 e. The topological polar surface area (TPSA) is 83.5 Å². The summed E-state index contributed by atoms with van der Waals surface area (Å²) >= 11 is 0. The number of sulfonamides is 1. The van der Waals surface area contributed by atoms with Crippen LogP contribution in [0.3, 0.4) is 0 Å². The van der Waals surface area contributed by atoms with Gasteiger partial charge in [-0.2, -0.15) is 0 Å². The van der Waals surface area contributed by atoms with E-state index in [1.807, 2.05) is 26.0 Å². The minimum Gasteiger partial charge on any atom is -0.478 e. The molecule has 128 valence electrons. The number of hydrogen-bond donors (Lipinski definition) is 2. The largest absolute Gasteiger partial charge is 0.478 e. The number of carbonyl (C=O) groups is 1. The Morgan fingerprint density at radius 2 is 1.88 bits per heavy atom. The zero-order valence-electron chi connectivity index (χ0n) is 13.9. The third kappa shape index (κ3) is 3.76. The van der Waals surface area contributed by atoms with Crippen LogP contribution in [0, 0.1) is 6.92 Å². The van der Waals surface area contributed by atoms with Crippen molar-refractivity contribution in [2.45, 2.75) is 38.0 Å². The van der Waals surface area contributed by atoms with E-state index in [1.54, 1.807) is 19.1 Å². The SMILES string of the molecule is CC[C@@H](C)c1ccccc1NS(=O)(=O)c1cc(C(=O)O)ccc1C. The molecule has 2 rings (SSSR count). The van der Waals surface area contributed by atoms with Crippen LogP contribution in [0.1, 0.15) is 47.7 Å². The van der Waals surface area contributed by atoms with E-state index in [1.165, 1.54) is 18.2 Å². The first-order chi connectivity index (χ1) is 11.3. The summed E-state index contributed by atoms with van der Waals surface area (Å²) < 4.78 is 28.1. The Kier molecular flexibility index (Phi) is 5.29. The van der Waals surface area contributed by atoms with Gasteiger partial charge >= 0.3 is 5.97 Å². The minimum absolute atomic E-state index is 0.0265. The van der Waals surface area contributed by atoms with Crippen LogP contribution >= 0.6 is 0 Å². The lowest BCUT2D eigenvalue weighted by molar-refractivity contribution is 0.0696. The Labute approximate surface area is 142 Å². The molecule has 1 atom stereocenters. The van der Waals surface area contributed by atoms with Gasteiger partial charge in [0, 0.05) is 0 Å². The van der Waals surface area contributed by atoms with Gasteiger partial charge in [0.2, 0.25) is 0 Å². The second-order valence-corrected chi connectivity index (χ2v) is 7.44. The summed E-state index contributed by atoms with van der Waals surface area (Å²) in [5.41, 5.74) is 1.87. The van der Waals surface area contributed by atoms with Crippen molar-refractivity contribution in [2.24, 2.45) is 0 Å². The van der Waals surface area contributed by atoms with E-state index in [9.17, 15) is 13.2 Å². The number of carboxylic acid groups (broad SMARTS) is 1. The van der Waals surface area contributed by atoms with Crippen LogP contribution in [0.4, 0.5) is 5.69 Å². The molecule has 0 aliphatic rings. The van der Waals surface area contributed by atoms with Crippen LogP contribution in [0.5, 0.6) is 0 Å². The number of anilines is 1. The van der Waals surface area contributed by atoms with Gasteiger partial charge in [0.05, 0.1) is 16.1 Å². The average molecular weight is 347 g/mol. The molecule has 0 heterocycles. The molecule has 0 radical (unpaired) electrons. The highest BCUT2D eigenvalue weighted by atomic mass is 32.2. The van der Waals surface area contributed by atoms with Gasteiger partial charge in [-0.3, -0.25) is 4.72 Å². The third-order valence-corrected chi connectivity index (χ3v) is 5.58. The summed E-state index contributed by atoms with van der Waals surface area (Å²) in [5, 5.41) is 9.09. The van der Waals surface area contributed by atoms with E-state index in [4.69, 9.17) is 5.11 Å². The van der Waals surface area contributed by atoms with Gasteiger partial charge in [0.25, 0.3) is 10.0 Å². The molecule has 0 spiro atoms. The van der Waals surface area contributed by atoms with E-state index in [0.29, 0.717) is 11.3 Å².